The molecule has 1 aromatic carbocycles. The summed E-state index contributed by atoms with van der Waals surface area (Å²) in [6, 6.07) is 10.9. The van der Waals surface area contributed by atoms with Gasteiger partial charge in [-0.05, 0) is 66.2 Å². The normalized spacial score (nSPS) is 13.8. The topological polar surface area (TPSA) is 92.2 Å². The van der Waals surface area contributed by atoms with Crippen molar-refractivity contribution in [2.45, 2.75) is 13.8 Å². The number of nitrogens with zero attached hydrogens (tertiary/aromatic N) is 4. The number of hydrogen-bond donors (Lipinski definition) is 2. The molecule has 8 nitrogen and oxygen atoms in total. The minimum Gasteiger partial charge on any atom is -0.353 e. The van der Waals surface area contributed by atoms with Crippen LogP contribution in [-0.4, -0.2) is 46.2 Å². The fourth-order valence-electron chi connectivity index (χ4n) is 3.31. The molecule has 154 valence electrons. The summed E-state index contributed by atoms with van der Waals surface area (Å²) in [5.74, 6) is 0.475. The maximum atomic E-state index is 12.6. The first-order valence-corrected chi connectivity index (χ1v) is 10.3. The Balaban J connectivity index is 1.43. The number of hydrogen-bond acceptors (Lipinski definition) is 5. The summed E-state index contributed by atoms with van der Waals surface area (Å²) < 4.78 is 2.82. The van der Waals surface area contributed by atoms with E-state index in [0.29, 0.717) is 30.2 Å². The molecule has 0 bridgehead atoms. The number of carbonyl (C=O) groups excluding carboxylic acids is 2. The third-order valence-corrected chi connectivity index (χ3v) is 6.09. The van der Waals surface area contributed by atoms with Gasteiger partial charge >= 0.3 is 0 Å². The first-order valence-electron chi connectivity index (χ1n) is 9.53. The Morgan fingerprint density at radius 3 is 2.53 bits per heavy atom. The van der Waals surface area contributed by atoms with Crippen molar-refractivity contribution in [1.82, 2.24) is 20.1 Å². The van der Waals surface area contributed by atoms with Gasteiger partial charge in [0.05, 0.1) is 40.0 Å². The Hall–Kier alpha value is -3.20. The fraction of sp³-hybridized carbons (Fsp3) is 0.238. The number of benzene rings is 1. The highest BCUT2D eigenvalue weighted by Gasteiger charge is 2.17. The van der Waals surface area contributed by atoms with Crippen molar-refractivity contribution >= 4 is 39.2 Å². The lowest BCUT2D eigenvalue weighted by Gasteiger charge is -2.27. The van der Waals surface area contributed by atoms with Crippen LogP contribution in [0.1, 0.15) is 21.7 Å². The zero-order valence-electron chi connectivity index (χ0n) is 16.6. The molecule has 2 amide bonds. The largest absolute Gasteiger partial charge is 0.353 e. The standard InChI is InChI=1S/C21H21BrN6O2/c1-13-20(22)14(2)28(26-13)17-6-3-15(4-7-17)21(30)25-16-5-8-18(24-11-16)27-10-9-23-19(29)12-27/h3-8,11H,9-10,12H2,1-2H3,(H,23,29)(H,25,30). The van der Waals surface area contributed by atoms with Crippen molar-refractivity contribution in [2.75, 3.05) is 29.9 Å². The van der Waals surface area contributed by atoms with Gasteiger partial charge in [0.15, 0.2) is 0 Å². The molecule has 2 N–H and O–H groups in total. The average Bonchev–Trinajstić information content (AvgIpc) is 3.01. The molecule has 3 aromatic rings. The minimum atomic E-state index is -0.219. The zero-order valence-corrected chi connectivity index (χ0v) is 18.2. The second kappa shape index (κ2) is 8.27. The van der Waals surface area contributed by atoms with E-state index in [1.165, 1.54) is 0 Å². The zero-order chi connectivity index (χ0) is 21.3. The molecule has 2 aromatic heterocycles. The Morgan fingerprint density at radius 1 is 1.17 bits per heavy atom. The lowest BCUT2D eigenvalue weighted by Crippen LogP contribution is -2.48. The van der Waals surface area contributed by atoms with Crippen molar-refractivity contribution in [3.63, 3.8) is 0 Å². The minimum absolute atomic E-state index is 0.0169. The second-order valence-corrected chi connectivity index (χ2v) is 7.87. The van der Waals surface area contributed by atoms with E-state index in [4.69, 9.17) is 0 Å². The third kappa shape index (κ3) is 4.06. The quantitative estimate of drug-likeness (QED) is 0.613. The highest BCUT2D eigenvalue weighted by Crippen LogP contribution is 2.23. The van der Waals surface area contributed by atoms with Gasteiger partial charge in [0.25, 0.3) is 5.91 Å². The van der Waals surface area contributed by atoms with Crippen molar-refractivity contribution in [1.29, 1.82) is 0 Å². The van der Waals surface area contributed by atoms with Gasteiger partial charge in [-0.25, -0.2) is 9.67 Å². The Kier molecular flexibility index (Phi) is 5.54. The predicted molar refractivity (Wildman–Crippen MR) is 118 cm³/mol. The molecule has 30 heavy (non-hydrogen) atoms. The molecule has 4 rings (SSSR count). The predicted octanol–water partition coefficient (Wildman–Crippen LogP) is 2.84. The van der Waals surface area contributed by atoms with Crippen LogP contribution >= 0.6 is 15.9 Å². The summed E-state index contributed by atoms with van der Waals surface area (Å²) in [7, 11) is 0. The number of amides is 2. The molecule has 0 radical (unpaired) electrons. The number of piperazine rings is 1. The van der Waals surface area contributed by atoms with Crippen LogP contribution in [0.3, 0.4) is 0 Å². The number of aryl methyl sites for hydroxylation is 1. The molecular weight excluding hydrogens is 448 g/mol. The van der Waals surface area contributed by atoms with Gasteiger partial charge in [0.2, 0.25) is 5.91 Å². The molecule has 1 saturated heterocycles. The van der Waals surface area contributed by atoms with Crippen molar-refractivity contribution in [3.05, 3.63) is 64.0 Å². The van der Waals surface area contributed by atoms with Crippen LogP contribution in [0.25, 0.3) is 5.69 Å². The summed E-state index contributed by atoms with van der Waals surface area (Å²) in [4.78, 5) is 30.4. The Labute approximate surface area is 182 Å². The molecule has 0 aliphatic carbocycles. The molecule has 0 saturated carbocycles. The van der Waals surface area contributed by atoms with E-state index in [2.05, 4.69) is 36.6 Å². The van der Waals surface area contributed by atoms with Crippen LogP contribution in [0.15, 0.2) is 47.1 Å². The van der Waals surface area contributed by atoms with Gasteiger partial charge < -0.3 is 15.5 Å². The molecular formula is C21H21BrN6O2. The van der Waals surface area contributed by atoms with Crippen LogP contribution in [0.5, 0.6) is 0 Å². The van der Waals surface area contributed by atoms with Crippen molar-refractivity contribution < 1.29 is 9.59 Å². The lowest BCUT2D eigenvalue weighted by molar-refractivity contribution is -0.120. The number of pyridine rings is 1. The average molecular weight is 469 g/mol. The molecule has 1 aliphatic heterocycles. The summed E-state index contributed by atoms with van der Waals surface area (Å²) in [6.07, 6.45) is 1.60. The van der Waals surface area contributed by atoms with Gasteiger partial charge in [-0.1, -0.05) is 0 Å². The van der Waals surface area contributed by atoms with Crippen molar-refractivity contribution in [2.24, 2.45) is 0 Å². The number of nitrogens with one attached hydrogen (secondary N) is 2. The fourth-order valence-corrected chi connectivity index (χ4v) is 3.56. The van der Waals surface area contributed by atoms with E-state index >= 15 is 0 Å². The molecule has 3 heterocycles. The van der Waals surface area contributed by atoms with E-state index in [-0.39, 0.29) is 18.4 Å². The smallest absolute Gasteiger partial charge is 0.255 e. The van der Waals surface area contributed by atoms with E-state index in [0.717, 1.165) is 21.5 Å². The molecule has 0 unspecified atom stereocenters. The van der Waals surface area contributed by atoms with E-state index in [1.807, 2.05) is 35.6 Å². The Morgan fingerprint density at radius 2 is 1.93 bits per heavy atom. The molecule has 0 spiro atoms. The number of anilines is 2. The molecule has 0 atom stereocenters. The molecule has 1 fully saturated rings. The third-order valence-electron chi connectivity index (χ3n) is 4.95. The number of carbonyl (C=O) groups is 2. The Bertz CT molecular complexity index is 1090. The number of rotatable bonds is 4. The second-order valence-electron chi connectivity index (χ2n) is 7.07. The van der Waals surface area contributed by atoms with Gasteiger partial charge in [0.1, 0.15) is 5.82 Å². The van der Waals surface area contributed by atoms with E-state index < -0.39 is 0 Å². The summed E-state index contributed by atoms with van der Waals surface area (Å²) in [5.41, 5.74) is 3.93. The lowest BCUT2D eigenvalue weighted by atomic mass is 10.2. The van der Waals surface area contributed by atoms with Gasteiger partial charge in [0, 0.05) is 18.7 Å². The SMILES string of the molecule is Cc1nn(-c2ccc(C(=O)Nc3ccc(N4CCNC(=O)C4)nc3)cc2)c(C)c1Br. The number of aromatic nitrogens is 3. The van der Waals surface area contributed by atoms with Crippen LogP contribution in [-0.2, 0) is 4.79 Å². The number of halogens is 1. The monoisotopic (exact) mass is 468 g/mol. The van der Waals surface area contributed by atoms with Crippen LogP contribution < -0.4 is 15.5 Å². The molecule has 9 heteroatoms. The summed E-state index contributed by atoms with van der Waals surface area (Å²) in [5, 5.41) is 10.1. The highest BCUT2D eigenvalue weighted by atomic mass is 79.9. The maximum Gasteiger partial charge on any atom is 0.255 e. The first kappa shape index (κ1) is 20.1. The van der Waals surface area contributed by atoms with Gasteiger partial charge in [-0.2, -0.15) is 5.10 Å². The van der Waals surface area contributed by atoms with Gasteiger partial charge in [-0.3, -0.25) is 9.59 Å². The first-order chi connectivity index (χ1) is 14.4. The molecule has 1 aliphatic rings. The van der Waals surface area contributed by atoms with Crippen LogP contribution in [0.4, 0.5) is 11.5 Å². The van der Waals surface area contributed by atoms with Crippen LogP contribution in [0, 0.1) is 13.8 Å². The summed E-state index contributed by atoms with van der Waals surface area (Å²) in [6.45, 7) is 5.52. The van der Waals surface area contributed by atoms with Gasteiger partial charge in [-0.15, -0.1) is 0 Å². The van der Waals surface area contributed by atoms with E-state index in [1.54, 1.807) is 30.5 Å². The summed E-state index contributed by atoms with van der Waals surface area (Å²) >= 11 is 3.53. The van der Waals surface area contributed by atoms with Crippen LogP contribution in [0.2, 0.25) is 0 Å². The maximum absolute atomic E-state index is 12.6. The highest BCUT2D eigenvalue weighted by molar-refractivity contribution is 9.10. The van der Waals surface area contributed by atoms with E-state index in [9.17, 15) is 9.59 Å². The van der Waals surface area contributed by atoms with Crippen molar-refractivity contribution in [3.8, 4) is 5.69 Å².